The lowest BCUT2D eigenvalue weighted by Gasteiger charge is -2.36. The minimum Gasteiger partial charge on any atom is -0.497 e. The van der Waals surface area contributed by atoms with Crippen LogP contribution in [0.5, 0.6) is 10.9 Å². The molecule has 4 rings (SSSR count). The zero-order chi connectivity index (χ0) is 20.4. The van der Waals surface area contributed by atoms with Crippen LogP contribution in [0.3, 0.4) is 0 Å². The molecule has 2 aromatic rings. The van der Waals surface area contributed by atoms with E-state index in [0.29, 0.717) is 18.3 Å². The monoisotopic (exact) mass is 417 g/mol. The van der Waals surface area contributed by atoms with Gasteiger partial charge in [0.2, 0.25) is 11.8 Å². The van der Waals surface area contributed by atoms with Gasteiger partial charge in [-0.05, 0) is 25.0 Å². The van der Waals surface area contributed by atoms with E-state index in [9.17, 15) is 9.59 Å². The van der Waals surface area contributed by atoms with E-state index in [1.165, 1.54) is 0 Å². The van der Waals surface area contributed by atoms with E-state index in [2.05, 4.69) is 4.98 Å². The highest BCUT2D eigenvalue weighted by Crippen LogP contribution is 2.32. The Morgan fingerprint density at radius 2 is 1.76 bits per heavy atom. The third kappa shape index (κ3) is 4.47. The highest BCUT2D eigenvalue weighted by Gasteiger charge is 2.32. The van der Waals surface area contributed by atoms with Crippen LogP contribution in [0.1, 0.15) is 32.6 Å². The number of hydrogen-bond donors (Lipinski definition) is 0. The smallest absolute Gasteiger partial charge is 0.274 e. The number of nitrogens with zero attached hydrogens (tertiary/aromatic N) is 3. The van der Waals surface area contributed by atoms with Crippen LogP contribution in [0.25, 0.3) is 10.2 Å². The van der Waals surface area contributed by atoms with Gasteiger partial charge in [0, 0.05) is 57.9 Å². The first-order valence-corrected chi connectivity index (χ1v) is 11.0. The zero-order valence-corrected chi connectivity index (χ0v) is 17.7. The number of aromatic nitrogens is 1. The fraction of sp³-hybridized carbons (Fsp3) is 0.571. The molecule has 2 aliphatic heterocycles. The van der Waals surface area contributed by atoms with Gasteiger partial charge in [0.25, 0.3) is 5.19 Å². The summed E-state index contributed by atoms with van der Waals surface area (Å²) in [6, 6.07) is 5.84. The number of thiazole rings is 1. The molecule has 3 heterocycles. The number of methoxy groups -OCH3 is 1. The summed E-state index contributed by atoms with van der Waals surface area (Å²) in [4.78, 5) is 32.7. The Morgan fingerprint density at radius 3 is 2.41 bits per heavy atom. The minimum atomic E-state index is 0.0438. The van der Waals surface area contributed by atoms with E-state index in [-0.39, 0.29) is 23.8 Å². The summed E-state index contributed by atoms with van der Waals surface area (Å²) in [6.45, 7) is 4.40. The Balaban J connectivity index is 1.28. The highest BCUT2D eigenvalue weighted by atomic mass is 32.1. The fourth-order valence-electron chi connectivity index (χ4n) is 4.10. The fourth-order valence-corrected chi connectivity index (χ4v) is 4.96. The Morgan fingerprint density at radius 1 is 1.07 bits per heavy atom. The number of benzene rings is 1. The van der Waals surface area contributed by atoms with E-state index in [4.69, 9.17) is 9.47 Å². The number of piperidine rings is 2. The van der Waals surface area contributed by atoms with E-state index in [0.717, 1.165) is 54.7 Å². The molecule has 2 amide bonds. The minimum absolute atomic E-state index is 0.0438. The second-order valence-corrected chi connectivity index (χ2v) is 8.73. The van der Waals surface area contributed by atoms with Crippen LogP contribution in [0.2, 0.25) is 0 Å². The third-order valence-corrected chi connectivity index (χ3v) is 6.81. The van der Waals surface area contributed by atoms with E-state index >= 15 is 0 Å². The Labute approximate surface area is 174 Å². The maximum Gasteiger partial charge on any atom is 0.274 e. The first kappa shape index (κ1) is 19.9. The second kappa shape index (κ2) is 8.57. The summed E-state index contributed by atoms with van der Waals surface area (Å²) in [5.74, 6) is 1.17. The molecule has 0 spiro atoms. The van der Waals surface area contributed by atoms with Crippen molar-refractivity contribution in [2.45, 2.75) is 38.7 Å². The van der Waals surface area contributed by atoms with Gasteiger partial charge in [-0.2, -0.15) is 0 Å². The largest absolute Gasteiger partial charge is 0.497 e. The van der Waals surface area contributed by atoms with Crippen LogP contribution >= 0.6 is 11.3 Å². The molecule has 0 aliphatic carbocycles. The summed E-state index contributed by atoms with van der Waals surface area (Å²) in [7, 11) is 1.65. The molecule has 0 atom stereocenters. The van der Waals surface area contributed by atoms with Gasteiger partial charge in [-0.1, -0.05) is 11.3 Å². The van der Waals surface area contributed by atoms with Crippen LogP contribution < -0.4 is 9.47 Å². The van der Waals surface area contributed by atoms with Crippen LogP contribution in [-0.4, -0.2) is 66.0 Å². The van der Waals surface area contributed by atoms with Crippen molar-refractivity contribution in [1.82, 2.24) is 14.8 Å². The number of rotatable bonds is 4. The number of likely N-dealkylation sites (tertiary alicyclic amines) is 2. The first-order chi connectivity index (χ1) is 14.0. The molecular formula is C21H27N3O4S. The number of carbonyl (C=O) groups is 2. The van der Waals surface area contributed by atoms with Crippen LogP contribution in [0, 0.1) is 5.92 Å². The number of carbonyl (C=O) groups excluding carboxylic acids is 2. The SMILES string of the molecule is COc1ccc2sc(OC3CCN(C(=O)C4CCN(C(C)=O)CC4)CC3)nc2c1. The molecular weight excluding hydrogens is 390 g/mol. The number of ether oxygens (including phenoxy) is 2. The summed E-state index contributed by atoms with van der Waals surface area (Å²) in [5, 5.41) is 0.676. The van der Waals surface area contributed by atoms with Gasteiger partial charge in [0.15, 0.2) is 0 Å². The van der Waals surface area contributed by atoms with Crippen LogP contribution in [0.15, 0.2) is 18.2 Å². The van der Waals surface area contributed by atoms with E-state index < -0.39 is 0 Å². The topological polar surface area (TPSA) is 72.0 Å². The molecule has 0 N–H and O–H groups in total. The molecule has 2 saturated heterocycles. The molecule has 8 heteroatoms. The molecule has 0 saturated carbocycles. The number of amides is 2. The molecule has 2 fully saturated rings. The second-order valence-electron chi connectivity index (χ2n) is 7.74. The average molecular weight is 418 g/mol. The van der Waals surface area contributed by atoms with Crippen molar-refractivity contribution in [3.63, 3.8) is 0 Å². The Kier molecular flexibility index (Phi) is 5.89. The zero-order valence-electron chi connectivity index (χ0n) is 16.9. The van der Waals surface area contributed by atoms with Crippen LogP contribution in [0.4, 0.5) is 0 Å². The van der Waals surface area contributed by atoms with Crippen LogP contribution in [-0.2, 0) is 9.59 Å². The van der Waals surface area contributed by atoms with Gasteiger partial charge < -0.3 is 19.3 Å². The summed E-state index contributed by atoms with van der Waals surface area (Å²) >= 11 is 1.54. The molecule has 2 aliphatic rings. The first-order valence-electron chi connectivity index (χ1n) is 10.2. The molecule has 1 aromatic carbocycles. The van der Waals surface area contributed by atoms with Gasteiger partial charge in [-0.25, -0.2) is 4.98 Å². The van der Waals surface area contributed by atoms with Crippen molar-refractivity contribution < 1.29 is 19.1 Å². The van der Waals surface area contributed by atoms with Crippen molar-refractivity contribution in [2.24, 2.45) is 5.92 Å². The normalized spacial score (nSPS) is 18.8. The number of fused-ring (bicyclic) bond motifs is 1. The molecule has 7 nitrogen and oxygen atoms in total. The summed E-state index contributed by atoms with van der Waals surface area (Å²) in [6.07, 6.45) is 3.25. The Bertz CT molecular complexity index is 883. The van der Waals surface area contributed by atoms with Gasteiger partial charge >= 0.3 is 0 Å². The van der Waals surface area contributed by atoms with Crippen molar-refractivity contribution in [1.29, 1.82) is 0 Å². The lowest BCUT2D eigenvalue weighted by Crippen LogP contribution is -2.47. The molecule has 29 heavy (non-hydrogen) atoms. The molecule has 0 unspecified atom stereocenters. The van der Waals surface area contributed by atoms with Crippen molar-refractivity contribution in [3.05, 3.63) is 18.2 Å². The third-order valence-electron chi connectivity index (χ3n) is 5.89. The van der Waals surface area contributed by atoms with Crippen molar-refractivity contribution in [2.75, 3.05) is 33.3 Å². The lowest BCUT2D eigenvalue weighted by atomic mass is 9.94. The van der Waals surface area contributed by atoms with Gasteiger partial charge in [-0.15, -0.1) is 0 Å². The quantitative estimate of drug-likeness (QED) is 0.765. The van der Waals surface area contributed by atoms with E-state index in [1.807, 2.05) is 28.0 Å². The number of hydrogen-bond acceptors (Lipinski definition) is 6. The molecule has 1 aromatic heterocycles. The maximum absolute atomic E-state index is 12.8. The van der Waals surface area contributed by atoms with Crippen molar-refractivity contribution in [3.8, 4) is 10.9 Å². The average Bonchev–Trinajstić information content (AvgIpc) is 3.15. The van der Waals surface area contributed by atoms with Gasteiger partial charge in [-0.3, -0.25) is 9.59 Å². The van der Waals surface area contributed by atoms with Gasteiger partial charge in [0.1, 0.15) is 11.9 Å². The lowest BCUT2D eigenvalue weighted by molar-refractivity contribution is -0.141. The van der Waals surface area contributed by atoms with Gasteiger partial charge in [0.05, 0.1) is 17.3 Å². The molecule has 0 bridgehead atoms. The van der Waals surface area contributed by atoms with E-state index in [1.54, 1.807) is 25.4 Å². The molecule has 0 radical (unpaired) electrons. The predicted octanol–water partition coefficient (Wildman–Crippen LogP) is 2.93. The maximum atomic E-state index is 12.8. The summed E-state index contributed by atoms with van der Waals surface area (Å²) < 4.78 is 12.4. The molecule has 156 valence electrons. The Hall–Kier alpha value is -2.35. The standard InChI is InChI=1S/C21H27N3O4S/c1-14(25)23-9-5-15(6-10-23)20(26)24-11-7-16(8-12-24)28-21-22-18-13-17(27-2)3-4-19(18)29-21/h3-4,13,15-16H,5-12H2,1-2H3. The predicted molar refractivity (Wildman–Crippen MR) is 111 cm³/mol. The highest BCUT2D eigenvalue weighted by molar-refractivity contribution is 7.20. The summed E-state index contributed by atoms with van der Waals surface area (Å²) in [5.41, 5.74) is 0.883. The van der Waals surface area contributed by atoms with Crippen molar-refractivity contribution >= 4 is 33.4 Å².